The summed E-state index contributed by atoms with van der Waals surface area (Å²) in [5.41, 5.74) is 0. The minimum absolute atomic E-state index is 0.0144. The molecule has 0 saturated carbocycles. The minimum atomic E-state index is -0.861. The van der Waals surface area contributed by atoms with Gasteiger partial charge in [-0.05, 0) is 6.92 Å². The van der Waals surface area contributed by atoms with Crippen LogP contribution in [0.3, 0.4) is 0 Å². The summed E-state index contributed by atoms with van der Waals surface area (Å²) in [6.45, 7) is 10.5. The predicted molar refractivity (Wildman–Crippen MR) is 71.3 cm³/mol. The molecule has 4 nitrogen and oxygen atoms in total. The molecule has 0 bridgehead atoms. The van der Waals surface area contributed by atoms with E-state index in [2.05, 4.69) is 20.8 Å². The molecule has 0 spiro atoms. The van der Waals surface area contributed by atoms with Crippen molar-refractivity contribution >= 4 is 23.6 Å². The first-order chi connectivity index (χ1) is 7.67. The van der Waals surface area contributed by atoms with Gasteiger partial charge < -0.3 is 10.0 Å². The maximum atomic E-state index is 11.9. The van der Waals surface area contributed by atoms with E-state index in [1.54, 1.807) is 23.6 Å². The lowest BCUT2D eigenvalue weighted by atomic mass is 10.2. The van der Waals surface area contributed by atoms with E-state index in [-0.39, 0.29) is 17.2 Å². The Kier molecular flexibility index (Phi) is 6.60. The Labute approximate surface area is 108 Å². The maximum absolute atomic E-state index is 11.9. The van der Waals surface area contributed by atoms with Crippen molar-refractivity contribution in [3.05, 3.63) is 0 Å². The first-order valence-corrected chi connectivity index (χ1v) is 6.80. The third-order valence-corrected chi connectivity index (χ3v) is 3.54. The molecule has 0 aliphatic carbocycles. The van der Waals surface area contributed by atoms with Gasteiger partial charge in [-0.1, -0.05) is 27.7 Å². The van der Waals surface area contributed by atoms with Gasteiger partial charge in [0.05, 0.1) is 11.7 Å². The molecule has 0 aromatic rings. The molecule has 0 aliphatic heterocycles. The van der Waals surface area contributed by atoms with Crippen LogP contribution in [0.5, 0.6) is 0 Å². The highest BCUT2D eigenvalue weighted by atomic mass is 32.2. The van der Waals surface area contributed by atoms with Gasteiger partial charge in [0.15, 0.2) is 0 Å². The molecule has 0 saturated heterocycles. The average molecular weight is 261 g/mol. The van der Waals surface area contributed by atoms with Crippen LogP contribution < -0.4 is 0 Å². The van der Waals surface area contributed by atoms with Crippen LogP contribution in [0.1, 0.15) is 34.6 Å². The SMILES string of the molecule is CCN(CC(C)C(=O)O)C(=O)CSC(C)(C)C. The van der Waals surface area contributed by atoms with Gasteiger partial charge in [-0.2, -0.15) is 0 Å². The van der Waals surface area contributed by atoms with Crippen LogP contribution in [0.4, 0.5) is 0 Å². The molecule has 1 N–H and O–H groups in total. The summed E-state index contributed by atoms with van der Waals surface area (Å²) in [6.07, 6.45) is 0. The van der Waals surface area contributed by atoms with Crippen LogP contribution in [-0.4, -0.2) is 45.5 Å². The molecular formula is C12H23NO3S. The summed E-state index contributed by atoms with van der Waals surface area (Å²) in [5, 5.41) is 8.82. The number of amides is 1. The number of carboxylic acids is 1. The van der Waals surface area contributed by atoms with E-state index in [4.69, 9.17) is 5.11 Å². The fourth-order valence-electron chi connectivity index (χ4n) is 1.19. The number of carbonyl (C=O) groups excluding carboxylic acids is 1. The molecule has 0 radical (unpaired) electrons. The summed E-state index contributed by atoms with van der Waals surface area (Å²) < 4.78 is 0.0491. The van der Waals surface area contributed by atoms with Gasteiger partial charge in [0.2, 0.25) is 5.91 Å². The quantitative estimate of drug-likeness (QED) is 0.795. The van der Waals surface area contributed by atoms with E-state index in [1.165, 1.54) is 0 Å². The van der Waals surface area contributed by atoms with Crippen molar-refractivity contribution in [2.45, 2.75) is 39.4 Å². The Hall–Kier alpha value is -0.710. The van der Waals surface area contributed by atoms with Crippen molar-refractivity contribution in [2.24, 2.45) is 5.92 Å². The largest absolute Gasteiger partial charge is 0.481 e. The van der Waals surface area contributed by atoms with Crippen LogP contribution >= 0.6 is 11.8 Å². The smallest absolute Gasteiger partial charge is 0.308 e. The zero-order chi connectivity index (χ0) is 13.6. The number of thioether (sulfide) groups is 1. The molecule has 17 heavy (non-hydrogen) atoms. The Morgan fingerprint density at radius 3 is 2.24 bits per heavy atom. The van der Waals surface area contributed by atoms with E-state index < -0.39 is 11.9 Å². The van der Waals surface area contributed by atoms with Gasteiger partial charge in [-0.3, -0.25) is 9.59 Å². The van der Waals surface area contributed by atoms with Gasteiger partial charge in [0, 0.05) is 17.8 Å². The summed E-state index contributed by atoms with van der Waals surface area (Å²) in [7, 11) is 0. The number of aliphatic carboxylic acids is 1. The lowest BCUT2D eigenvalue weighted by Crippen LogP contribution is -2.38. The van der Waals surface area contributed by atoms with Crippen molar-refractivity contribution < 1.29 is 14.7 Å². The first kappa shape index (κ1) is 16.3. The highest BCUT2D eigenvalue weighted by Gasteiger charge is 2.21. The lowest BCUT2D eigenvalue weighted by molar-refractivity contribution is -0.142. The summed E-state index contributed by atoms with van der Waals surface area (Å²) in [4.78, 5) is 24.2. The Balaban J connectivity index is 4.27. The van der Waals surface area contributed by atoms with Gasteiger partial charge in [-0.15, -0.1) is 11.8 Å². The van der Waals surface area contributed by atoms with Crippen molar-refractivity contribution in [1.82, 2.24) is 4.90 Å². The van der Waals surface area contributed by atoms with Crippen LogP contribution in [0.15, 0.2) is 0 Å². The molecule has 0 aliphatic rings. The monoisotopic (exact) mass is 261 g/mol. The summed E-state index contributed by atoms with van der Waals surface area (Å²) >= 11 is 1.58. The molecule has 1 amide bonds. The van der Waals surface area contributed by atoms with Gasteiger partial charge >= 0.3 is 5.97 Å². The molecular weight excluding hydrogens is 238 g/mol. The Bertz CT molecular complexity index is 273. The van der Waals surface area contributed by atoms with Gasteiger partial charge in [0.1, 0.15) is 0 Å². The lowest BCUT2D eigenvalue weighted by Gasteiger charge is -2.25. The second-order valence-electron chi connectivity index (χ2n) is 5.07. The van der Waals surface area contributed by atoms with Gasteiger partial charge in [-0.25, -0.2) is 0 Å². The van der Waals surface area contributed by atoms with Crippen molar-refractivity contribution in [3.8, 4) is 0 Å². The summed E-state index contributed by atoms with van der Waals surface area (Å²) in [6, 6.07) is 0. The molecule has 0 rings (SSSR count). The molecule has 1 unspecified atom stereocenters. The van der Waals surface area contributed by atoms with E-state index in [0.717, 1.165) is 0 Å². The second-order valence-corrected chi connectivity index (χ2v) is 6.87. The highest BCUT2D eigenvalue weighted by Crippen LogP contribution is 2.23. The predicted octanol–water partition coefficient (Wildman–Crippen LogP) is 2.09. The average Bonchev–Trinajstić information content (AvgIpc) is 2.20. The molecule has 100 valence electrons. The van der Waals surface area contributed by atoms with Crippen LogP contribution in [0.2, 0.25) is 0 Å². The van der Waals surface area contributed by atoms with Crippen LogP contribution in [0.25, 0.3) is 0 Å². The molecule has 0 fully saturated rings. The number of hydrogen-bond acceptors (Lipinski definition) is 3. The highest BCUT2D eigenvalue weighted by molar-refractivity contribution is 8.01. The van der Waals surface area contributed by atoms with E-state index in [0.29, 0.717) is 12.3 Å². The molecule has 0 aromatic heterocycles. The third-order valence-electron chi connectivity index (χ3n) is 2.28. The number of hydrogen-bond donors (Lipinski definition) is 1. The maximum Gasteiger partial charge on any atom is 0.308 e. The Morgan fingerprint density at radius 2 is 1.88 bits per heavy atom. The van der Waals surface area contributed by atoms with Crippen molar-refractivity contribution in [3.63, 3.8) is 0 Å². The van der Waals surface area contributed by atoms with E-state index in [9.17, 15) is 9.59 Å². The fourth-order valence-corrected chi connectivity index (χ4v) is 1.92. The number of carbonyl (C=O) groups is 2. The zero-order valence-electron chi connectivity index (χ0n) is 11.3. The van der Waals surface area contributed by atoms with Gasteiger partial charge in [0.25, 0.3) is 0 Å². The van der Waals surface area contributed by atoms with E-state index in [1.807, 2.05) is 6.92 Å². The van der Waals surface area contributed by atoms with E-state index >= 15 is 0 Å². The van der Waals surface area contributed by atoms with Crippen molar-refractivity contribution in [2.75, 3.05) is 18.8 Å². The number of carboxylic acid groups (broad SMARTS) is 1. The summed E-state index contributed by atoms with van der Waals surface area (Å²) in [5.74, 6) is -0.956. The number of nitrogens with zero attached hydrogens (tertiary/aromatic N) is 1. The normalized spacial score (nSPS) is 13.2. The standard InChI is InChI=1S/C12H23NO3S/c1-6-13(7-9(2)11(15)16)10(14)8-17-12(3,4)5/h9H,6-8H2,1-5H3,(H,15,16). The number of rotatable bonds is 6. The topological polar surface area (TPSA) is 57.6 Å². The molecule has 5 heteroatoms. The fraction of sp³-hybridized carbons (Fsp3) is 0.833. The Morgan fingerprint density at radius 1 is 1.35 bits per heavy atom. The van der Waals surface area contributed by atoms with Crippen LogP contribution in [-0.2, 0) is 9.59 Å². The molecule has 0 aromatic carbocycles. The second kappa shape index (κ2) is 6.89. The zero-order valence-corrected chi connectivity index (χ0v) is 12.1. The van der Waals surface area contributed by atoms with Crippen LogP contribution in [0, 0.1) is 5.92 Å². The third kappa shape index (κ3) is 7.26. The minimum Gasteiger partial charge on any atom is -0.481 e. The molecule has 1 atom stereocenters. The molecule has 0 heterocycles. The first-order valence-electron chi connectivity index (χ1n) is 5.82. The van der Waals surface area contributed by atoms with Crippen molar-refractivity contribution in [1.29, 1.82) is 0 Å².